The Balaban J connectivity index is 2.22. The number of unbranched alkanes of at least 4 members (excludes halogenated alkanes) is 1. The second-order valence-electron chi connectivity index (χ2n) is 8.98. The van der Waals surface area contributed by atoms with E-state index in [1.165, 1.54) is 11.4 Å². The van der Waals surface area contributed by atoms with E-state index in [0.717, 1.165) is 24.7 Å². The number of nitrogens with zero attached hydrogens (tertiary/aromatic N) is 2. The Morgan fingerprint density at radius 2 is 1.71 bits per heavy atom. The number of amides is 2. The molecule has 0 saturated carbocycles. The maximum atomic E-state index is 13.5. The highest BCUT2D eigenvalue weighted by molar-refractivity contribution is 7.92. The van der Waals surface area contributed by atoms with E-state index in [-0.39, 0.29) is 37.7 Å². The van der Waals surface area contributed by atoms with Gasteiger partial charge in [-0.2, -0.15) is 0 Å². The Bertz CT molecular complexity index is 1180. The number of ether oxygens (including phenoxy) is 1. The third-order valence-corrected chi connectivity index (χ3v) is 8.00. The topological polar surface area (TPSA) is 96.0 Å². The molecule has 0 unspecified atom stereocenters. The van der Waals surface area contributed by atoms with Gasteiger partial charge in [-0.15, -0.1) is 0 Å². The maximum Gasteiger partial charge on any atom is 0.242 e. The van der Waals surface area contributed by atoms with Crippen molar-refractivity contribution in [1.29, 1.82) is 0 Å². The minimum atomic E-state index is -3.58. The lowest BCUT2D eigenvalue weighted by molar-refractivity contribution is -0.141. The van der Waals surface area contributed by atoms with Crippen LogP contribution in [0.25, 0.3) is 0 Å². The van der Waals surface area contributed by atoms with Gasteiger partial charge in [-0.1, -0.05) is 49.5 Å². The molecular formula is C27H37Cl2N3O5S. The Labute approximate surface area is 236 Å². The van der Waals surface area contributed by atoms with Crippen LogP contribution in [0.5, 0.6) is 5.75 Å². The molecule has 1 atom stereocenters. The fourth-order valence-corrected chi connectivity index (χ4v) is 5.30. The van der Waals surface area contributed by atoms with Crippen molar-refractivity contribution in [3.05, 3.63) is 58.1 Å². The van der Waals surface area contributed by atoms with Crippen LogP contribution < -0.4 is 14.4 Å². The minimum absolute atomic E-state index is 0.0578. The molecule has 2 rings (SSSR count). The van der Waals surface area contributed by atoms with Crippen LogP contribution >= 0.6 is 23.2 Å². The number of sulfonamides is 1. The molecule has 0 aromatic heterocycles. The zero-order chi connectivity index (χ0) is 28.3. The van der Waals surface area contributed by atoms with E-state index in [9.17, 15) is 18.0 Å². The molecule has 8 nitrogen and oxygen atoms in total. The van der Waals surface area contributed by atoms with Crippen LogP contribution in [0.4, 0.5) is 5.69 Å². The van der Waals surface area contributed by atoms with E-state index in [1.54, 1.807) is 47.4 Å². The summed E-state index contributed by atoms with van der Waals surface area (Å²) in [4.78, 5) is 28.0. The van der Waals surface area contributed by atoms with Gasteiger partial charge in [0.05, 0.1) is 29.1 Å². The number of benzene rings is 2. The molecule has 0 aliphatic rings. The standard InChI is InChI=1S/C27H37Cl2N3O5S/c1-5-7-16-30-27(34)25(6-2)31(19-20-10-15-23(28)24(29)18-20)26(33)9-8-17-32(38(4,35)36)21-11-13-22(37-3)14-12-21/h10-15,18,25H,5-9,16-17,19H2,1-4H3,(H,30,34)/t25-/m1/s1. The lowest BCUT2D eigenvalue weighted by atomic mass is 10.1. The van der Waals surface area contributed by atoms with Gasteiger partial charge in [0.15, 0.2) is 0 Å². The van der Waals surface area contributed by atoms with Crippen LogP contribution in [0, 0.1) is 0 Å². The Morgan fingerprint density at radius 1 is 1.03 bits per heavy atom. The van der Waals surface area contributed by atoms with Crippen LogP contribution in [0.3, 0.4) is 0 Å². The zero-order valence-corrected chi connectivity index (χ0v) is 24.7. The minimum Gasteiger partial charge on any atom is -0.497 e. The van der Waals surface area contributed by atoms with Gasteiger partial charge >= 0.3 is 0 Å². The molecule has 2 aromatic carbocycles. The summed E-state index contributed by atoms with van der Waals surface area (Å²) < 4.78 is 31.4. The monoisotopic (exact) mass is 585 g/mol. The Kier molecular flexibility index (Phi) is 12.7. The quantitative estimate of drug-likeness (QED) is 0.287. The predicted octanol–water partition coefficient (Wildman–Crippen LogP) is 5.27. The molecule has 0 saturated heterocycles. The summed E-state index contributed by atoms with van der Waals surface area (Å²) in [5, 5.41) is 3.68. The van der Waals surface area contributed by atoms with Gasteiger partial charge in [0, 0.05) is 26.1 Å². The van der Waals surface area contributed by atoms with Crippen molar-refractivity contribution in [3.8, 4) is 5.75 Å². The van der Waals surface area contributed by atoms with Gasteiger partial charge in [-0.3, -0.25) is 13.9 Å². The first-order valence-electron chi connectivity index (χ1n) is 12.6. The number of carbonyl (C=O) groups excluding carboxylic acids is 2. The molecule has 0 aliphatic carbocycles. The van der Waals surface area contributed by atoms with E-state index in [0.29, 0.717) is 34.4 Å². The van der Waals surface area contributed by atoms with Crippen LogP contribution in [0.15, 0.2) is 42.5 Å². The molecule has 0 spiro atoms. The number of methoxy groups -OCH3 is 1. The fraction of sp³-hybridized carbons (Fsp3) is 0.481. The van der Waals surface area contributed by atoms with Crippen LogP contribution in [0.2, 0.25) is 10.0 Å². The SMILES string of the molecule is CCCCNC(=O)[C@@H](CC)N(Cc1ccc(Cl)c(Cl)c1)C(=O)CCCN(c1ccc(OC)cc1)S(C)(=O)=O. The lowest BCUT2D eigenvalue weighted by Crippen LogP contribution is -2.49. The molecule has 1 N–H and O–H groups in total. The molecule has 38 heavy (non-hydrogen) atoms. The first-order chi connectivity index (χ1) is 18.0. The summed E-state index contributed by atoms with van der Waals surface area (Å²) in [5.74, 6) is 0.139. The third kappa shape index (κ3) is 9.36. The highest BCUT2D eigenvalue weighted by Gasteiger charge is 2.29. The van der Waals surface area contributed by atoms with Crippen molar-refractivity contribution in [2.45, 2.75) is 58.5 Å². The van der Waals surface area contributed by atoms with Crippen LogP contribution in [0.1, 0.15) is 51.5 Å². The Morgan fingerprint density at radius 3 is 2.26 bits per heavy atom. The molecule has 2 aromatic rings. The smallest absolute Gasteiger partial charge is 0.242 e. The van der Waals surface area contributed by atoms with Gasteiger partial charge in [0.2, 0.25) is 21.8 Å². The van der Waals surface area contributed by atoms with E-state index in [1.807, 2.05) is 13.8 Å². The molecule has 210 valence electrons. The highest BCUT2D eigenvalue weighted by atomic mass is 35.5. The number of rotatable bonds is 15. The van der Waals surface area contributed by atoms with Crippen molar-refractivity contribution in [2.75, 3.05) is 30.8 Å². The van der Waals surface area contributed by atoms with E-state index in [2.05, 4.69) is 5.32 Å². The average molecular weight is 587 g/mol. The van der Waals surface area contributed by atoms with Gasteiger partial charge in [0.25, 0.3) is 0 Å². The predicted molar refractivity (Wildman–Crippen MR) is 153 cm³/mol. The molecule has 2 amide bonds. The third-order valence-electron chi connectivity index (χ3n) is 6.06. The molecule has 0 aliphatic heterocycles. The number of nitrogens with one attached hydrogen (secondary N) is 1. The number of hydrogen-bond donors (Lipinski definition) is 1. The average Bonchev–Trinajstić information content (AvgIpc) is 2.88. The van der Waals surface area contributed by atoms with Crippen LogP contribution in [-0.4, -0.2) is 57.6 Å². The summed E-state index contributed by atoms with van der Waals surface area (Å²) in [6, 6.07) is 11.1. The van der Waals surface area contributed by atoms with E-state index < -0.39 is 16.1 Å². The largest absolute Gasteiger partial charge is 0.497 e. The first kappa shape index (κ1) is 31.7. The normalized spacial score (nSPS) is 12.1. The second kappa shape index (κ2) is 15.2. The van der Waals surface area contributed by atoms with E-state index in [4.69, 9.17) is 27.9 Å². The highest BCUT2D eigenvalue weighted by Crippen LogP contribution is 2.25. The maximum absolute atomic E-state index is 13.5. The van der Waals surface area contributed by atoms with Crippen molar-refractivity contribution < 1.29 is 22.7 Å². The van der Waals surface area contributed by atoms with Gasteiger partial charge in [0.1, 0.15) is 11.8 Å². The molecule has 0 radical (unpaired) electrons. The van der Waals surface area contributed by atoms with Crippen molar-refractivity contribution in [2.24, 2.45) is 0 Å². The lowest BCUT2D eigenvalue weighted by Gasteiger charge is -2.31. The molecule has 11 heteroatoms. The van der Waals surface area contributed by atoms with Crippen molar-refractivity contribution in [1.82, 2.24) is 10.2 Å². The van der Waals surface area contributed by atoms with Crippen molar-refractivity contribution >= 4 is 50.7 Å². The van der Waals surface area contributed by atoms with E-state index >= 15 is 0 Å². The first-order valence-corrected chi connectivity index (χ1v) is 15.2. The molecular weight excluding hydrogens is 549 g/mol. The summed E-state index contributed by atoms with van der Waals surface area (Å²) >= 11 is 12.2. The van der Waals surface area contributed by atoms with Crippen LogP contribution in [-0.2, 0) is 26.2 Å². The summed E-state index contributed by atoms with van der Waals surface area (Å²) in [6.07, 6.45) is 3.66. The molecule has 0 fully saturated rings. The van der Waals surface area contributed by atoms with Crippen molar-refractivity contribution in [3.63, 3.8) is 0 Å². The Hall–Kier alpha value is -2.49. The van der Waals surface area contributed by atoms with Gasteiger partial charge in [-0.05, 0) is 61.2 Å². The van der Waals surface area contributed by atoms with Gasteiger partial charge in [-0.25, -0.2) is 8.42 Å². The number of anilines is 1. The summed E-state index contributed by atoms with van der Waals surface area (Å²) in [5.41, 5.74) is 1.22. The number of hydrogen-bond acceptors (Lipinski definition) is 5. The molecule has 0 heterocycles. The number of halogens is 2. The number of carbonyl (C=O) groups is 2. The second-order valence-corrected chi connectivity index (χ2v) is 11.7. The zero-order valence-electron chi connectivity index (χ0n) is 22.4. The summed E-state index contributed by atoms with van der Waals surface area (Å²) in [7, 11) is -2.05. The molecule has 0 bridgehead atoms. The summed E-state index contributed by atoms with van der Waals surface area (Å²) in [6.45, 7) is 4.70. The van der Waals surface area contributed by atoms with Gasteiger partial charge < -0.3 is 15.0 Å². The fourth-order valence-electron chi connectivity index (χ4n) is 4.01.